The molecule has 20 heavy (non-hydrogen) atoms. The van der Waals surface area contributed by atoms with Crippen molar-refractivity contribution in [3.8, 4) is 0 Å². The lowest BCUT2D eigenvalue weighted by Gasteiger charge is -2.20. The Balaban J connectivity index is 2.26. The summed E-state index contributed by atoms with van der Waals surface area (Å²) >= 11 is 6.07. The van der Waals surface area contributed by atoms with E-state index in [-0.39, 0.29) is 6.04 Å². The molecule has 1 heterocycles. The van der Waals surface area contributed by atoms with Crippen LogP contribution in [0.3, 0.4) is 0 Å². The van der Waals surface area contributed by atoms with Crippen LogP contribution >= 0.6 is 11.6 Å². The summed E-state index contributed by atoms with van der Waals surface area (Å²) in [6.45, 7) is 7.15. The van der Waals surface area contributed by atoms with Gasteiger partial charge < -0.3 is 5.32 Å². The second-order valence-electron chi connectivity index (χ2n) is 5.07. The van der Waals surface area contributed by atoms with Gasteiger partial charge in [0.25, 0.3) is 0 Å². The largest absolute Gasteiger partial charge is 0.310 e. The van der Waals surface area contributed by atoms with Crippen LogP contribution in [-0.2, 0) is 6.42 Å². The SMILES string of the molecule is CCNC(Cc1cccc(Cl)c1)c1ccc(C)nc1C. The number of hydrogen-bond donors (Lipinski definition) is 1. The van der Waals surface area contributed by atoms with Gasteiger partial charge in [0.05, 0.1) is 0 Å². The van der Waals surface area contributed by atoms with E-state index in [4.69, 9.17) is 11.6 Å². The number of pyridine rings is 1. The van der Waals surface area contributed by atoms with Gasteiger partial charge in [-0.3, -0.25) is 4.98 Å². The van der Waals surface area contributed by atoms with E-state index in [9.17, 15) is 0 Å². The van der Waals surface area contributed by atoms with Gasteiger partial charge >= 0.3 is 0 Å². The molecule has 0 aliphatic carbocycles. The van der Waals surface area contributed by atoms with Gasteiger partial charge in [0.2, 0.25) is 0 Å². The van der Waals surface area contributed by atoms with Crippen molar-refractivity contribution in [1.29, 1.82) is 0 Å². The van der Waals surface area contributed by atoms with Crippen molar-refractivity contribution in [2.24, 2.45) is 0 Å². The molecule has 106 valence electrons. The molecule has 1 aromatic heterocycles. The average molecular weight is 289 g/mol. The third-order valence-corrected chi connectivity index (χ3v) is 3.66. The minimum atomic E-state index is 0.270. The van der Waals surface area contributed by atoms with Gasteiger partial charge in [-0.05, 0) is 56.1 Å². The monoisotopic (exact) mass is 288 g/mol. The lowest BCUT2D eigenvalue weighted by atomic mass is 9.97. The van der Waals surface area contributed by atoms with E-state index in [1.165, 1.54) is 11.1 Å². The molecule has 1 aromatic carbocycles. The number of rotatable bonds is 5. The quantitative estimate of drug-likeness (QED) is 0.890. The molecule has 2 rings (SSSR count). The smallest absolute Gasteiger partial charge is 0.0423 e. The number of benzene rings is 1. The first-order valence-electron chi connectivity index (χ1n) is 7.02. The highest BCUT2D eigenvalue weighted by atomic mass is 35.5. The van der Waals surface area contributed by atoms with E-state index >= 15 is 0 Å². The number of halogens is 1. The zero-order valence-corrected chi connectivity index (χ0v) is 13.0. The zero-order chi connectivity index (χ0) is 14.5. The van der Waals surface area contributed by atoms with Gasteiger partial charge in [-0.2, -0.15) is 0 Å². The predicted octanol–water partition coefficient (Wildman–Crippen LogP) is 4.25. The first-order chi connectivity index (χ1) is 9.60. The fourth-order valence-electron chi connectivity index (χ4n) is 2.50. The van der Waals surface area contributed by atoms with E-state index in [1.54, 1.807) is 0 Å². The summed E-state index contributed by atoms with van der Waals surface area (Å²) in [6.07, 6.45) is 0.917. The number of nitrogens with one attached hydrogen (secondary N) is 1. The van der Waals surface area contributed by atoms with Gasteiger partial charge in [0.1, 0.15) is 0 Å². The maximum Gasteiger partial charge on any atom is 0.0423 e. The first-order valence-corrected chi connectivity index (χ1v) is 7.40. The van der Waals surface area contributed by atoms with Crippen molar-refractivity contribution >= 4 is 11.6 Å². The number of nitrogens with zero attached hydrogens (tertiary/aromatic N) is 1. The summed E-state index contributed by atoms with van der Waals surface area (Å²) in [5.74, 6) is 0. The maximum atomic E-state index is 6.07. The normalized spacial score (nSPS) is 12.4. The van der Waals surface area contributed by atoms with Crippen LogP contribution in [0, 0.1) is 13.8 Å². The molecule has 2 aromatic rings. The summed E-state index contributed by atoms with van der Waals surface area (Å²) in [7, 11) is 0. The molecule has 0 spiro atoms. The Morgan fingerprint density at radius 1 is 1.20 bits per heavy atom. The van der Waals surface area contributed by atoms with Crippen molar-refractivity contribution < 1.29 is 0 Å². The van der Waals surface area contributed by atoms with Crippen molar-refractivity contribution in [2.75, 3.05) is 6.54 Å². The van der Waals surface area contributed by atoms with Gasteiger partial charge in [0, 0.05) is 22.5 Å². The number of aryl methyl sites for hydroxylation is 2. The second kappa shape index (κ2) is 6.87. The molecule has 0 fully saturated rings. The Morgan fingerprint density at radius 3 is 2.65 bits per heavy atom. The molecule has 0 aliphatic rings. The first kappa shape index (κ1) is 15.0. The van der Waals surface area contributed by atoms with Crippen molar-refractivity contribution in [3.63, 3.8) is 0 Å². The molecule has 2 nitrogen and oxygen atoms in total. The summed E-state index contributed by atoms with van der Waals surface area (Å²) < 4.78 is 0. The lowest BCUT2D eigenvalue weighted by molar-refractivity contribution is 0.545. The van der Waals surface area contributed by atoms with Gasteiger partial charge in [-0.25, -0.2) is 0 Å². The predicted molar refractivity (Wildman–Crippen MR) is 85.3 cm³/mol. The molecule has 0 bridgehead atoms. The molecule has 0 saturated carbocycles. The standard InChI is InChI=1S/C17H21ClN2/c1-4-19-17(11-14-6-5-7-15(18)10-14)16-9-8-12(2)20-13(16)3/h5-10,17,19H,4,11H2,1-3H3. The molecule has 3 heteroatoms. The van der Waals surface area contributed by atoms with E-state index in [2.05, 4.69) is 42.3 Å². The van der Waals surface area contributed by atoms with Crippen molar-refractivity contribution in [3.05, 3.63) is 63.9 Å². The number of likely N-dealkylation sites (N-methyl/N-ethyl adjacent to an activating group) is 1. The highest BCUT2D eigenvalue weighted by Crippen LogP contribution is 2.22. The zero-order valence-electron chi connectivity index (χ0n) is 12.3. The van der Waals surface area contributed by atoms with E-state index < -0.39 is 0 Å². The van der Waals surface area contributed by atoms with Crippen LogP contribution in [-0.4, -0.2) is 11.5 Å². The van der Waals surface area contributed by atoms with Crippen molar-refractivity contribution in [2.45, 2.75) is 33.2 Å². The third kappa shape index (κ3) is 3.81. The Bertz CT molecular complexity index is 581. The third-order valence-electron chi connectivity index (χ3n) is 3.42. The van der Waals surface area contributed by atoms with E-state index in [0.29, 0.717) is 0 Å². The van der Waals surface area contributed by atoms with Crippen LogP contribution in [0.25, 0.3) is 0 Å². The highest BCUT2D eigenvalue weighted by Gasteiger charge is 2.14. The van der Waals surface area contributed by atoms with Gasteiger partial charge in [-0.1, -0.05) is 36.7 Å². The molecule has 1 N–H and O–H groups in total. The Hall–Kier alpha value is -1.38. The molecule has 1 atom stereocenters. The molecule has 1 unspecified atom stereocenters. The maximum absolute atomic E-state index is 6.07. The fraction of sp³-hybridized carbons (Fsp3) is 0.353. The second-order valence-corrected chi connectivity index (χ2v) is 5.51. The lowest BCUT2D eigenvalue weighted by Crippen LogP contribution is -2.24. The van der Waals surface area contributed by atoms with Crippen LogP contribution in [0.1, 0.15) is 35.5 Å². The molecule has 0 radical (unpaired) electrons. The molecule has 0 aliphatic heterocycles. The van der Waals surface area contributed by atoms with Crippen LogP contribution < -0.4 is 5.32 Å². The Morgan fingerprint density at radius 2 is 2.00 bits per heavy atom. The van der Waals surface area contributed by atoms with Crippen LogP contribution in [0.4, 0.5) is 0 Å². The number of aromatic nitrogens is 1. The highest BCUT2D eigenvalue weighted by molar-refractivity contribution is 6.30. The van der Waals surface area contributed by atoms with Gasteiger partial charge in [0.15, 0.2) is 0 Å². The minimum absolute atomic E-state index is 0.270. The van der Waals surface area contributed by atoms with Crippen molar-refractivity contribution in [1.82, 2.24) is 10.3 Å². The Labute approximate surface area is 126 Å². The van der Waals surface area contributed by atoms with Crippen LogP contribution in [0.15, 0.2) is 36.4 Å². The molecular formula is C17H21ClN2. The van der Waals surface area contributed by atoms with Crippen LogP contribution in [0.2, 0.25) is 5.02 Å². The van der Waals surface area contributed by atoms with E-state index in [0.717, 1.165) is 29.4 Å². The van der Waals surface area contributed by atoms with Gasteiger partial charge in [-0.15, -0.1) is 0 Å². The van der Waals surface area contributed by atoms with Crippen LogP contribution in [0.5, 0.6) is 0 Å². The molecular weight excluding hydrogens is 268 g/mol. The molecule has 0 saturated heterocycles. The molecule has 0 amide bonds. The van der Waals surface area contributed by atoms with E-state index in [1.807, 2.05) is 25.1 Å². The fourth-order valence-corrected chi connectivity index (χ4v) is 2.72. The topological polar surface area (TPSA) is 24.9 Å². The summed E-state index contributed by atoms with van der Waals surface area (Å²) in [5, 5.41) is 4.33. The Kier molecular flexibility index (Phi) is 5.16. The summed E-state index contributed by atoms with van der Waals surface area (Å²) in [4.78, 5) is 4.57. The minimum Gasteiger partial charge on any atom is -0.310 e. The summed E-state index contributed by atoms with van der Waals surface area (Å²) in [5.41, 5.74) is 4.66. The average Bonchev–Trinajstić information content (AvgIpc) is 2.38. The summed E-state index contributed by atoms with van der Waals surface area (Å²) in [6, 6.07) is 12.6. The number of hydrogen-bond acceptors (Lipinski definition) is 2.